The van der Waals surface area contributed by atoms with Crippen molar-refractivity contribution in [3.05, 3.63) is 251 Å². The van der Waals surface area contributed by atoms with Crippen LogP contribution in [0.25, 0.3) is 44.5 Å². The first kappa shape index (κ1) is 49.3. The number of hydrogen-bond acceptors (Lipinski definition) is 3. The van der Waals surface area contributed by atoms with Crippen molar-refractivity contribution in [1.82, 2.24) is 0 Å². The van der Waals surface area contributed by atoms with Gasteiger partial charge in [-0.15, -0.1) is 0 Å². The van der Waals surface area contributed by atoms with Crippen molar-refractivity contribution in [1.29, 1.82) is 0 Å². The van der Waals surface area contributed by atoms with Crippen LogP contribution in [0.4, 0.5) is 45.5 Å². The molecule has 0 bridgehead atoms. The van der Waals surface area contributed by atoms with E-state index >= 15 is 0 Å². The van der Waals surface area contributed by atoms with Gasteiger partial charge in [0.2, 0.25) is 0 Å². The largest absolute Gasteiger partial charge is 0.376 e. The summed E-state index contributed by atoms with van der Waals surface area (Å²) < 4.78 is 0. The molecule has 382 valence electrons. The van der Waals surface area contributed by atoms with Gasteiger partial charge < -0.3 is 14.6 Å². The fourth-order valence-electron chi connectivity index (χ4n) is 13.5. The highest BCUT2D eigenvalue weighted by Gasteiger charge is 2.49. The smallest absolute Gasteiger partial charge is 0.333 e. The average Bonchev–Trinajstić information content (AvgIpc) is 3.81. The summed E-state index contributed by atoms with van der Waals surface area (Å²) >= 11 is 0. The lowest BCUT2D eigenvalue weighted by atomic mass is 9.43. The maximum atomic E-state index is 2.71. The van der Waals surface area contributed by atoms with Gasteiger partial charge in [-0.05, 0) is 194 Å². The molecular weight excluding hydrogens is 942 g/mol. The molecule has 13 rings (SSSR count). The third-order valence-electron chi connectivity index (χ3n) is 17.2. The van der Waals surface area contributed by atoms with Crippen LogP contribution in [0, 0.1) is 20.8 Å². The predicted octanol–water partition coefficient (Wildman–Crippen LogP) is 19.0. The van der Waals surface area contributed by atoms with Crippen molar-refractivity contribution in [3.63, 3.8) is 0 Å². The van der Waals surface area contributed by atoms with Crippen molar-refractivity contribution in [3.8, 4) is 44.5 Å². The summed E-state index contributed by atoms with van der Waals surface area (Å²) in [7, 11) is 0. The Morgan fingerprint density at radius 2 is 1.00 bits per heavy atom. The van der Waals surface area contributed by atoms with Gasteiger partial charge in [-0.1, -0.05) is 188 Å². The monoisotopic (exact) mass is 1010 g/mol. The molecule has 0 aromatic heterocycles. The maximum Gasteiger partial charge on any atom is 0.333 e. The highest BCUT2D eigenvalue weighted by atomic mass is 15.2. The molecule has 78 heavy (non-hydrogen) atoms. The second kappa shape index (κ2) is 18.1. The summed E-state index contributed by atoms with van der Waals surface area (Å²) in [4.78, 5) is 7.79. The van der Waals surface area contributed by atoms with Crippen LogP contribution in [0.1, 0.15) is 94.3 Å². The van der Waals surface area contributed by atoms with Gasteiger partial charge in [0.15, 0.2) is 0 Å². The number of fused-ring (bicyclic) bond motifs is 8. The van der Waals surface area contributed by atoms with Crippen LogP contribution >= 0.6 is 0 Å². The highest BCUT2D eigenvalue weighted by Crippen LogP contribution is 2.58. The first-order valence-electron chi connectivity index (χ1n) is 28.0. The number of para-hydroxylation sites is 2. The molecule has 0 radical (unpaired) electrons. The van der Waals surface area contributed by atoms with Gasteiger partial charge in [-0.3, -0.25) is 0 Å². The van der Waals surface area contributed by atoms with Crippen molar-refractivity contribution >= 4 is 63.3 Å². The van der Waals surface area contributed by atoms with Crippen molar-refractivity contribution in [2.45, 2.75) is 92.4 Å². The number of nitrogens with zero attached hydrogens (tertiary/aromatic N) is 3. The molecule has 0 saturated heterocycles. The van der Waals surface area contributed by atoms with Crippen molar-refractivity contribution in [2.75, 3.05) is 14.6 Å². The summed E-state index contributed by atoms with van der Waals surface area (Å²) in [5, 5.41) is 0. The molecule has 0 N–H and O–H groups in total. The minimum Gasteiger partial charge on any atom is -0.376 e. The summed E-state index contributed by atoms with van der Waals surface area (Å²) in [5.74, 6) is 0. The SMILES string of the molecule is Cc1cc(C)c(-c2cc3c4c(c2)N(c2ccc(C(C)(C)C)cc2-c2ccccc2)c2ccc(N(c5ccccc5)c5ccccc5)cc2B4N(c2ccc(C(C)(C)C)cc2)c2ccc4c(c2-3)C(C)(C)c2ccccc2-4)c(C)c1. The fourth-order valence-corrected chi connectivity index (χ4v) is 13.5. The molecule has 2 aliphatic heterocycles. The molecule has 0 amide bonds. The van der Waals surface area contributed by atoms with E-state index < -0.39 is 0 Å². The van der Waals surface area contributed by atoms with Crippen LogP contribution in [0.3, 0.4) is 0 Å². The number of anilines is 8. The lowest BCUT2D eigenvalue weighted by molar-refractivity contribution is 0.590. The van der Waals surface area contributed by atoms with E-state index in [1.807, 2.05) is 0 Å². The van der Waals surface area contributed by atoms with E-state index in [1.165, 1.54) is 111 Å². The van der Waals surface area contributed by atoms with Gasteiger partial charge in [0, 0.05) is 56.4 Å². The van der Waals surface area contributed by atoms with E-state index in [0.29, 0.717) is 0 Å². The minimum atomic E-state index is -0.293. The zero-order chi connectivity index (χ0) is 54.0. The third-order valence-corrected chi connectivity index (χ3v) is 17.2. The minimum absolute atomic E-state index is 0.0124. The molecule has 4 heteroatoms. The Morgan fingerprint density at radius 3 is 1.64 bits per heavy atom. The van der Waals surface area contributed by atoms with Gasteiger partial charge in [-0.2, -0.15) is 0 Å². The van der Waals surface area contributed by atoms with E-state index in [-0.39, 0.29) is 23.1 Å². The lowest BCUT2D eigenvalue weighted by Gasteiger charge is -2.47. The number of hydrogen-bond donors (Lipinski definition) is 0. The predicted molar refractivity (Wildman–Crippen MR) is 335 cm³/mol. The second-order valence-corrected chi connectivity index (χ2v) is 24.8. The van der Waals surface area contributed by atoms with Crippen LogP contribution in [-0.4, -0.2) is 6.85 Å². The summed E-state index contributed by atoms with van der Waals surface area (Å²) in [6.07, 6.45) is 0. The van der Waals surface area contributed by atoms with Crippen LogP contribution < -0.4 is 25.5 Å². The van der Waals surface area contributed by atoms with Gasteiger partial charge in [0.1, 0.15) is 0 Å². The summed E-state index contributed by atoms with van der Waals surface area (Å²) in [6, 6.07) is 80.8. The van der Waals surface area contributed by atoms with Gasteiger partial charge in [-0.25, -0.2) is 0 Å². The maximum absolute atomic E-state index is 2.71. The zero-order valence-electron chi connectivity index (χ0n) is 47.1. The zero-order valence-corrected chi connectivity index (χ0v) is 47.1. The molecule has 3 nitrogen and oxygen atoms in total. The summed E-state index contributed by atoms with van der Waals surface area (Å²) in [5.41, 5.74) is 30.8. The van der Waals surface area contributed by atoms with E-state index in [2.05, 4.69) is 303 Å². The number of benzene rings is 10. The standard InChI is InChI=1S/C74H68BN3/c1-47-41-48(2)68(49(3)42-47)51-43-61-69-66(40-37-59-58-29-21-22-30-62(58)74(10,11)70(59)69)78(56-34-31-52(32-35-56)72(4,5)6)75-63-46-57(76(54-25-17-13-18-26-54)55-27-19-14-20-28-55)36-39-65(63)77(67(44-51)71(61)75)64-38-33-53(73(7,8)9)45-60(64)50-23-15-12-16-24-50/h12-46H,1-11H3. The van der Waals surface area contributed by atoms with Crippen LogP contribution in [0.5, 0.6) is 0 Å². The first-order valence-corrected chi connectivity index (χ1v) is 28.0. The topological polar surface area (TPSA) is 9.72 Å². The summed E-state index contributed by atoms with van der Waals surface area (Å²) in [6.45, 7) is 25.4. The van der Waals surface area contributed by atoms with Crippen molar-refractivity contribution in [2.24, 2.45) is 0 Å². The van der Waals surface area contributed by atoms with E-state index in [1.54, 1.807) is 0 Å². The molecule has 0 saturated carbocycles. The lowest BCUT2D eigenvalue weighted by Crippen LogP contribution is -2.61. The molecule has 0 atom stereocenters. The quantitative estimate of drug-likeness (QED) is 0.147. The number of aryl methyl sites for hydroxylation is 3. The Bertz CT molecular complexity index is 3930. The van der Waals surface area contributed by atoms with Crippen molar-refractivity contribution < 1.29 is 0 Å². The Hall–Kier alpha value is -8.34. The normalized spacial score (nSPS) is 13.9. The van der Waals surface area contributed by atoms with E-state index in [4.69, 9.17) is 0 Å². The van der Waals surface area contributed by atoms with E-state index in [9.17, 15) is 0 Å². The van der Waals surface area contributed by atoms with Crippen LogP contribution in [0.15, 0.2) is 212 Å². The van der Waals surface area contributed by atoms with Crippen LogP contribution in [-0.2, 0) is 16.2 Å². The molecule has 2 heterocycles. The Morgan fingerprint density at radius 1 is 0.423 bits per heavy atom. The molecular formula is C74H68BN3. The van der Waals surface area contributed by atoms with Gasteiger partial charge >= 0.3 is 6.85 Å². The molecule has 0 unspecified atom stereocenters. The Labute approximate surface area is 463 Å². The molecule has 0 spiro atoms. The Kier molecular flexibility index (Phi) is 11.5. The van der Waals surface area contributed by atoms with Crippen LogP contribution in [0.2, 0.25) is 0 Å². The molecule has 1 aliphatic carbocycles. The Balaban J connectivity index is 1.21. The van der Waals surface area contributed by atoms with Gasteiger partial charge in [0.25, 0.3) is 0 Å². The fraction of sp³-hybridized carbons (Fsp3) is 0.189. The first-order chi connectivity index (χ1) is 37.5. The average molecular weight is 1010 g/mol. The molecule has 10 aromatic carbocycles. The molecule has 10 aromatic rings. The third kappa shape index (κ3) is 7.85. The number of rotatable bonds is 7. The van der Waals surface area contributed by atoms with E-state index in [0.717, 1.165) is 28.4 Å². The second-order valence-electron chi connectivity index (χ2n) is 24.8. The molecule has 3 aliphatic rings. The highest BCUT2D eigenvalue weighted by molar-refractivity contribution is 6.93. The molecule has 0 fully saturated rings. The van der Waals surface area contributed by atoms with Gasteiger partial charge in [0.05, 0.1) is 5.69 Å².